The van der Waals surface area contributed by atoms with Crippen molar-refractivity contribution in [2.45, 2.75) is 40.3 Å². The van der Waals surface area contributed by atoms with Crippen LogP contribution in [0.5, 0.6) is 5.75 Å². The van der Waals surface area contributed by atoms with Crippen molar-refractivity contribution in [3.8, 4) is 5.75 Å². The molecule has 0 bridgehead atoms. The first-order chi connectivity index (χ1) is 12.4. The smallest absolute Gasteiger partial charge is 0.261 e. The number of carbonyl (C=O) groups is 1. The molecule has 26 heavy (non-hydrogen) atoms. The molecule has 5 nitrogen and oxygen atoms in total. The molecule has 1 atom stereocenters. The normalized spacial score (nSPS) is 12.5. The Kier molecular flexibility index (Phi) is 5.32. The van der Waals surface area contributed by atoms with Crippen molar-refractivity contribution in [3.63, 3.8) is 0 Å². The van der Waals surface area contributed by atoms with Crippen molar-refractivity contribution in [2.75, 3.05) is 7.11 Å². The van der Waals surface area contributed by atoms with Gasteiger partial charge in [0, 0.05) is 17.5 Å². The summed E-state index contributed by atoms with van der Waals surface area (Å²) < 4.78 is 7.41. The van der Waals surface area contributed by atoms with Gasteiger partial charge in [0.1, 0.15) is 10.6 Å². The molecule has 0 aliphatic heterocycles. The van der Waals surface area contributed by atoms with Crippen molar-refractivity contribution < 1.29 is 9.53 Å². The summed E-state index contributed by atoms with van der Waals surface area (Å²) in [5.74, 6) is 1.21. The largest absolute Gasteiger partial charge is 0.496 e. The summed E-state index contributed by atoms with van der Waals surface area (Å²) in [5, 5.41) is 8.74. The second kappa shape index (κ2) is 7.50. The summed E-state index contributed by atoms with van der Waals surface area (Å²) in [6.45, 7) is 9.14. The van der Waals surface area contributed by atoms with Gasteiger partial charge in [-0.15, -0.1) is 11.3 Å². The summed E-state index contributed by atoms with van der Waals surface area (Å²) >= 11 is 1.50. The van der Waals surface area contributed by atoms with Crippen molar-refractivity contribution in [2.24, 2.45) is 5.92 Å². The molecule has 0 aliphatic carbocycles. The molecule has 1 N–H and O–H groups in total. The molecule has 138 valence electrons. The molecule has 0 unspecified atom stereocenters. The number of ether oxygens (including phenoxy) is 1. The van der Waals surface area contributed by atoms with Crippen LogP contribution in [0.4, 0.5) is 0 Å². The Balaban J connectivity index is 1.83. The van der Waals surface area contributed by atoms with Gasteiger partial charge >= 0.3 is 0 Å². The van der Waals surface area contributed by atoms with Gasteiger partial charge in [-0.05, 0) is 31.9 Å². The summed E-state index contributed by atoms with van der Waals surface area (Å²) in [5.41, 5.74) is 1.93. The van der Waals surface area contributed by atoms with Crippen LogP contribution in [0.25, 0.3) is 10.2 Å². The molecule has 2 aromatic heterocycles. The average Bonchev–Trinajstić information content (AvgIpc) is 3.16. The lowest BCUT2D eigenvalue weighted by Gasteiger charge is -2.16. The number of aromatic nitrogens is 2. The minimum absolute atomic E-state index is 0.0693. The van der Waals surface area contributed by atoms with E-state index in [9.17, 15) is 4.79 Å². The van der Waals surface area contributed by atoms with Gasteiger partial charge in [0.15, 0.2) is 0 Å². The highest BCUT2D eigenvalue weighted by atomic mass is 32.1. The van der Waals surface area contributed by atoms with Crippen LogP contribution in [-0.4, -0.2) is 22.8 Å². The number of rotatable bonds is 6. The molecule has 0 spiro atoms. The Morgan fingerprint density at radius 2 is 2.04 bits per heavy atom. The van der Waals surface area contributed by atoms with Gasteiger partial charge in [-0.3, -0.25) is 9.48 Å². The van der Waals surface area contributed by atoms with Crippen molar-refractivity contribution in [1.82, 2.24) is 15.1 Å². The summed E-state index contributed by atoms with van der Waals surface area (Å²) in [6.07, 6.45) is 0. The number of thiophene rings is 1. The number of benzene rings is 1. The summed E-state index contributed by atoms with van der Waals surface area (Å²) in [4.78, 5) is 14.5. The number of nitrogens with one attached hydrogen (secondary N) is 1. The van der Waals surface area contributed by atoms with E-state index in [0.717, 1.165) is 33.8 Å². The first-order valence-corrected chi connectivity index (χ1v) is 9.63. The third-order valence-electron chi connectivity index (χ3n) is 4.32. The van der Waals surface area contributed by atoms with Crippen LogP contribution in [0.3, 0.4) is 0 Å². The zero-order chi connectivity index (χ0) is 18.8. The van der Waals surface area contributed by atoms with E-state index in [2.05, 4.69) is 24.3 Å². The first kappa shape index (κ1) is 18.5. The Labute approximate surface area is 158 Å². The van der Waals surface area contributed by atoms with Crippen LogP contribution in [0, 0.1) is 12.8 Å². The van der Waals surface area contributed by atoms with E-state index in [1.54, 1.807) is 7.11 Å². The second-order valence-corrected chi connectivity index (χ2v) is 7.96. The highest BCUT2D eigenvalue weighted by Gasteiger charge is 2.19. The van der Waals surface area contributed by atoms with Crippen LogP contribution >= 0.6 is 11.3 Å². The maximum Gasteiger partial charge on any atom is 0.261 e. The minimum atomic E-state index is -0.142. The monoisotopic (exact) mass is 371 g/mol. The quantitative estimate of drug-likeness (QED) is 0.691. The molecule has 0 aliphatic rings. The summed E-state index contributed by atoms with van der Waals surface area (Å²) in [6, 6.07) is 9.55. The maximum atomic E-state index is 12.8. The van der Waals surface area contributed by atoms with E-state index in [1.807, 2.05) is 48.9 Å². The third kappa shape index (κ3) is 3.60. The molecule has 1 aromatic carbocycles. The van der Waals surface area contributed by atoms with Crippen molar-refractivity contribution >= 4 is 27.5 Å². The molecule has 2 heterocycles. The number of aryl methyl sites for hydroxylation is 1. The zero-order valence-corrected chi connectivity index (χ0v) is 16.7. The minimum Gasteiger partial charge on any atom is -0.496 e. The topological polar surface area (TPSA) is 56.1 Å². The number of hydrogen-bond donors (Lipinski definition) is 1. The second-order valence-electron chi connectivity index (χ2n) is 6.93. The van der Waals surface area contributed by atoms with Crippen LogP contribution in [-0.2, 0) is 6.54 Å². The SMILES string of the molecule is COc1ccccc1[C@H](C)NC(=O)c1cc2c(C)nn(CC(C)C)c2s1. The molecule has 1 amide bonds. The molecule has 6 heteroatoms. The zero-order valence-electron chi connectivity index (χ0n) is 15.9. The molecular formula is C20H25N3O2S. The van der Waals surface area contributed by atoms with Gasteiger partial charge in [-0.2, -0.15) is 5.10 Å². The van der Waals surface area contributed by atoms with E-state index in [4.69, 9.17) is 4.74 Å². The number of fused-ring (bicyclic) bond motifs is 1. The Morgan fingerprint density at radius 1 is 1.31 bits per heavy atom. The molecule has 3 rings (SSSR count). The lowest BCUT2D eigenvalue weighted by Crippen LogP contribution is -2.26. The van der Waals surface area contributed by atoms with E-state index < -0.39 is 0 Å². The van der Waals surface area contributed by atoms with Crippen LogP contribution < -0.4 is 10.1 Å². The Hall–Kier alpha value is -2.34. The highest BCUT2D eigenvalue weighted by Crippen LogP contribution is 2.30. The standard InChI is InChI=1S/C20H25N3O2S/c1-12(2)11-23-20-16(14(4)22-23)10-18(26-20)19(24)21-13(3)15-8-6-7-9-17(15)25-5/h6-10,12-13H,11H2,1-5H3,(H,21,24)/t13-/m0/s1. The third-order valence-corrected chi connectivity index (χ3v) is 5.47. The van der Waals surface area contributed by atoms with Crippen molar-refractivity contribution in [1.29, 1.82) is 0 Å². The fraction of sp³-hybridized carbons (Fsp3) is 0.400. The number of para-hydroxylation sites is 1. The molecular weight excluding hydrogens is 346 g/mol. The lowest BCUT2D eigenvalue weighted by molar-refractivity contribution is 0.0943. The molecule has 0 radical (unpaired) electrons. The van der Waals surface area contributed by atoms with Crippen LogP contribution in [0.15, 0.2) is 30.3 Å². The fourth-order valence-electron chi connectivity index (χ4n) is 3.06. The van der Waals surface area contributed by atoms with Gasteiger partial charge in [0.25, 0.3) is 5.91 Å². The first-order valence-electron chi connectivity index (χ1n) is 8.81. The van der Waals surface area contributed by atoms with E-state index >= 15 is 0 Å². The van der Waals surface area contributed by atoms with Gasteiger partial charge in [-0.1, -0.05) is 32.0 Å². The number of amides is 1. The van der Waals surface area contributed by atoms with Gasteiger partial charge in [0.05, 0.1) is 23.7 Å². The highest BCUT2D eigenvalue weighted by molar-refractivity contribution is 7.20. The van der Waals surface area contributed by atoms with Crippen LogP contribution in [0.1, 0.15) is 47.7 Å². The Morgan fingerprint density at radius 3 is 2.73 bits per heavy atom. The number of nitrogens with zero attached hydrogens (tertiary/aromatic N) is 2. The molecule has 0 fully saturated rings. The number of carbonyl (C=O) groups excluding carboxylic acids is 1. The number of hydrogen-bond acceptors (Lipinski definition) is 4. The fourth-order valence-corrected chi connectivity index (χ4v) is 4.14. The van der Waals surface area contributed by atoms with Gasteiger partial charge in [0.2, 0.25) is 0 Å². The summed E-state index contributed by atoms with van der Waals surface area (Å²) in [7, 11) is 1.64. The van der Waals surface area contributed by atoms with Crippen molar-refractivity contribution in [3.05, 3.63) is 46.5 Å². The van der Waals surface area contributed by atoms with E-state index in [-0.39, 0.29) is 11.9 Å². The maximum absolute atomic E-state index is 12.8. The lowest BCUT2D eigenvalue weighted by atomic mass is 10.1. The molecule has 0 saturated heterocycles. The van der Waals surface area contributed by atoms with Gasteiger partial charge in [-0.25, -0.2) is 0 Å². The average molecular weight is 372 g/mol. The molecule has 3 aromatic rings. The van der Waals surface area contributed by atoms with E-state index in [0.29, 0.717) is 10.8 Å². The van der Waals surface area contributed by atoms with Gasteiger partial charge < -0.3 is 10.1 Å². The predicted octanol–water partition coefficient (Wildman–Crippen LogP) is 4.56. The van der Waals surface area contributed by atoms with Crippen LogP contribution in [0.2, 0.25) is 0 Å². The number of methoxy groups -OCH3 is 1. The predicted molar refractivity (Wildman–Crippen MR) is 106 cm³/mol. The Bertz CT molecular complexity index is 926. The van der Waals surface area contributed by atoms with E-state index in [1.165, 1.54) is 11.3 Å². The molecule has 0 saturated carbocycles.